The monoisotopic (exact) mass is 248 g/mol. The van der Waals surface area contributed by atoms with Crippen LogP contribution in [0, 0.1) is 0 Å². The fourth-order valence-corrected chi connectivity index (χ4v) is 2.32. The van der Waals surface area contributed by atoms with E-state index in [9.17, 15) is 5.11 Å². The average molecular weight is 248 g/mol. The molecule has 1 aliphatic rings. The minimum absolute atomic E-state index is 0.609. The SMILES string of the molecule is CCC(C)(O)CNCc1cccc2c1NCCC2. The van der Waals surface area contributed by atoms with Gasteiger partial charge in [-0.05, 0) is 37.3 Å². The first kappa shape index (κ1) is 13.4. The van der Waals surface area contributed by atoms with Crippen LogP contribution in [0.2, 0.25) is 0 Å². The Balaban J connectivity index is 1.97. The molecule has 3 N–H and O–H groups in total. The highest BCUT2D eigenvalue weighted by Gasteiger charge is 2.17. The predicted octanol–water partition coefficient (Wildman–Crippen LogP) is 2.30. The average Bonchev–Trinajstić information content (AvgIpc) is 2.39. The molecule has 2 rings (SSSR count). The normalized spacial score (nSPS) is 17.7. The molecular formula is C15H24N2O. The molecule has 1 unspecified atom stereocenters. The number of nitrogens with one attached hydrogen (secondary N) is 2. The number of hydrogen-bond acceptors (Lipinski definition) is 3. The van der Waals surface area contributed by atoms with E-state index in [2.05, 4.69) is 28.8 Å². The number of hydrogen-bond donors (Lipinski definition) is 3. The van der Waals surface area contributed by atoms with Gasteiger partial charge in [0.05, 0.1) is 5.60 Å². The van der Waals surface area contributed by atoms with Gasteiger partial charge in [0.15, 0.2) is 0 Å². The Labute approximate surface area is 110 Å². The summed E-state index contributed by atoms with van der Waals surface area (Å²) in [5, 5.41) is 16.8. The summed E-state index contributed by atoms with van der Waals surface area (Å²) in [6.45, 7) is 6.39. The lowest BCUT2D eigenvalue weighted by Crippen LogP contribution is -2.36. The van der Waals surface area contributed by atoms with Crippen LogP contribution in [0.5, 0.6) is 0 Å². The zero-order valence-corrected chi connectivity index (χ0v) is 11.4. The minimum Gasteiger partial charge on any atom is -0.389 e. The van der Waals surface area contributed by atoms with Crippen molar-refractivity contribution in [1.82, 2.24) is 5.32 Å². The van der Waals surface area contributed by atoms with Crippen LogP contribution in [0.25, 0.3) is 0 Å². The number of aryl methyl sites for hydroxylation is 1. The summed E-state index contributed by atoms with van der Waals surface area (Å²) in [5.74, 6) is 0. The quantitative estimate of drug-likeness (QED) is 0.749. The van der Waals surface area contributed by atoms with E-state index in [0.717, 1.165) is 19.5 Å². The highest BCUT2D eigenvalue weighted by atomic mass is 16.3. The zero-order valence-electron chi connectivity index (χ0n) is 11.4. The molecule has 3 nitrogen and oxygen atoms in total. The van der Waals surface area contributed by atoms with Crippen molar-refractivity contribution in [3.63, 3.8) is 0 Å². The molecule has 1 heterocycles. The molecule has 0 aliphatic carbocycles. The molecule has 0 saturated heterocycles. The molecule has 3 heteroatoms. The van der Waals surface area contributed by atoms with Crippen LogP contribution in [0.4, 0.5) is 5.69 Å². The Morgan fingerprint density at radius 1 is 1.44 bits per heavy atom. The number of benzene rings is 1. The molecule has 18 heavy (non-hydrogen) atoms. The number of para-hydroxylation sites is 1. The van der Waals surface area contributed by atoms with Crippen LogP contribution in [0.15, 0.2) is 18.2 Å². The molecule has 1 atom stereocenters. The van der Waals surface area contributed by atoms with E-state index < -0.39 is 5.60 Å². The molecule has 1 aromatic carbocycles. The van der Waals surface area contributed by atoms with Crippen LogP contribution in [-0.4, -0.2) is 23.8 Å². The summed E-state index contributed by atoms with van der Waals surface area (Å²) >= 11 is 0. The first-order valence-corrected chi connectivity index (χ1v) is 6.90. The second-order valence-corrected chi connectivity index (χ2v) is 5.44. The van der Waals surface area contributed by atoms with Gasteiger partial charge in [0.2, 0.25) is 0 Å². The summed E-state index contributed by atoms with van der Waals surface area (Å²) in [6, 6.07) is 6.48. The minimum atomic E-state index is -0.609. The van der Waals surface area contributed by atoms with Crippen LogP contribution < -0.4 is 10.6 Å². The third kappa shape index (κ3) is 3.24. The standard InChI is InChI=1S/C15H24N2O/c1-3-15(2,18)11-16-10-13-7-4-6-12-8-5-9-17-14(12)13/h4,6-7,16-18H,3,5,8-11H2,1-2H3. The van der Waals surface area contributed by atoms with Gasteiger partial charge in [-0.3, -0.25) is 0 Å². The van der Waals surface area contributed by atoms with Crippen LogP contribution in [-0.2, 0) is 13.0 Å². The van der Waals surface area contributed by atoms with Gasteiger partial charge in [-0.1, -0.05) is 25.1 Å². The maximum Gasteiger partial charge on any atom is 0.0741 e. The van der Waals surface area contributed by atoms with Crippen LogP contribution in [0.3, 0.4) is 0 Å². The van der Waals surface area contributed by atoms with Crippen molar-refractivity contribution < 1.29 is 5.11 Å². The molecule has 0 spiro atoms. The number of anilines is 1. The summed E-state index contributed by atoms with van der Waals surface area (Å²) in [4.78, 5) is 0. The summed E-state index contributed by atoms with van der Waals surface area (Å²) < 4.78 is 0. The Kier molecular flexibility index (Phi) is 4.25. The Morgan fingerprint density at radius 2 is 2.28 bits per heavy atom. The van der Waals surface area contributed by atoms with Crippen molar-refractivity contribution >= 4 is 5.69 Å². The number of aliphatic hydroxyl groups is 1. The molecular weight excluding hydrogens is 224 g/mol. The van der Waals surface area contributed by atoms with Gasteiger partial charge in [0.1, 0.15) is 0 Å². The van der Waals surface area contributed by atoms with Crippen molar-refractivity contribution in [3.05, 3.63) is 29.3 Å². The molecule has 1 aromatic rings. The molecule has 0 fully saturated rings. The Hall–Kier alpha value is -1.06. The van der Waals surface area contributed by atoms with Gasteiger partial charge in [-0.25, -0.2) is 0 Å². The van der Waals surface area contributed by atoms with Crippen LogP contribution in [0.1, 0.15) is 37.8 Å². The maximum absolute atomic E-state index is 9.96. The largest absolute Gasteiger partial charge is 0.389 e. The van der Waals surface area contributed by atoms with E-state index in [-0.39, 0.29) is 0 Å². The molecule has 0 bridgehead atoms. The van der Waals surface area contributed by atoms with Gasteiger partial charge in [-0.15, -0.1) is 0 Å². The van der Waals surface area contributed by atoms with Crippen molar-refractivity contribution in [1.29, 1.82) is 0 Å². The lowest BCUT2D eigenvalue weighted by atomic mass is 9.99. The summed E-state index contributed by atoms with van der Waals surface area (Å²) in [6.07, 6.45) is 3.16. The fourth-order valence-electron chi connectivity index (χ4n) is 2.32. The molecule has 0 saturated carbocycles. The first-order valence-electron chi connectivity index (χ1n) is 6.90. The zero-order chi connectivity index (χ0) is 13.0. The van der Waals surface area contributed by atoms with Crippen molar-refractivity contribution in [2.24, 2.45) is 0 Å². The van der Waals surface area contributed by atoms with Gasteiger partial charge in [0.25, 0.3) is 0 Å². The maximum atomic E-state index is 9.96. The second-order valence-electron chi connectivity index (χ2n) is 5.44. The topological polar surface area (TPSA) is 44.3 Å². The van der Waals surface area contributed by atoms with E-state index in [1.807, 2.05) is 13.8 Å². The Bertz CT molecular complexity index is 401. The molecule has 0 radical (unpaired) electrons. The highest BCUT2D eigenvalue weighted by Crippen LogP contribution is 2.25. The second kappa shape index (κ2) is 5.72. The number of fused-ring (bicyclic) bond motifs is 1. The van der Waals surface area contributed by atoms with Gasteiger partial charge < -0.3 is 15.7 Å². The molecule has 0 amide bonds. The first-order chi connectivity index (χ1) is 8.62. The van der Waals surface area contributed by atoms with Crippen molar-refractivity contribution in [3.8, 4) is 0 Å². The van der Waals surface area contributed by atoms with Gasteiger partial charge in [0, 0.05) is 25.3 Å². The van der Waals surface area contributed by atoms with E-state index in [4.69, 9.17) is 0 Å². The van der Waals surface area contributed by atoms with Crippen molar-refractivity contribution in [2.75, 3.05) is 18.4 Å². The lowest BCUT2D eigenvalue weighted by molar-refractivity contribution is 0.0556. The summed E-state index contributed by atoms with van der Waals surface area (Å²) in [7, 11) is 0. The smallest absolute Gasteiger partial charge is 0.0741 e. The molecule has 100 valence electrons. The third-order valence-corrected chi connectivity index (χ3v) is 3.74. The van der Waals surface area contributed by atoms with E-state index in [0.29, 0.717) is 6.54 Å². The third-order valence-electron chi connectivity index (χ3n) is 3.74. The predicted molar refractivity (Wildman–Crippen MR) is 75.9 cm³/mol. The van der Waals surface area contributed by atoms with Gasteiger partial charge >= 0.3 is 0 Å². The van der Waals surface area contributed by atoms with Crippen LogP contribution >= 0.6 is 0 Å². The lowest BCUT2D eigenvalue weighted by Gasteiger charge is -2.24. The van der Waals surface area contributed by atoms with Crippen molar-refractivity contribution in [2.45, 2.75) is 45.3 Å². The van der Waals surface area contributed by atoms with E-state index in [1.54, 1.807) is 0 Å². The number of rotatable bonds is 5. The van der Waals surface area contributed by atoms with Gasteiger partial charge in [-0.2, -0.15) is 0 Å². The highest BCUT2D eigenvalue weighted by molar-refractivity contribution is 5.59. The molecule has 0 aromatic heterocycles. The van der Waals surface area contributed by atoms with E-state index >= 15 is 0 Å². The molecule has 1 aliphatic heterocycles. The van der Waals surface area contributed by atoms with E-state index in [1.165, 1.54) is 29.7 Å². The summed E-state index contributed by atoms with van der Waals surface area (Å²) in [5.41, 5.74) is 3.41. The fraction of sp³-hybridized carbons (Fsp3) is 0.600. The Morgan fingerprint density at radius 3 is 3.06 bits per heavy atom.